The quantitative estimate of drug-likeness (QED) is 0.491. The van der Waals surface area contributed by atoms with E-state index in [0.29, 0.717) is 0 Å². The molecule has 82 valence electrons. The molecule has 0 aliphatic rings. The van der Waals surface area contributed by atoms with E-state index in [-0.39, 0.29) is 0 Å². The molecule has 2 N–H and O–H groups in total. The van der Waals surface area contributed by atoms with E-state index in [4.69, 9.17) is 10.2 Å². The Labute approximate surface area is 111 Å². The molecule has 0 aliphatic carbocycles. The van der Waals surface area contributed by atoms with Gasteiger partial charge in [0.15, 0.2) is 0 Å². The van der Waals surface area contributed by atoms with Crippen molar-refractivity contribution in [3.8, 4) is 0 Å². The fraction of sp³-hybridized carbons (Fsp3) is 0.500. The molecule has 0 aromatic carbocycles. The summed E-state index contributed by atoms with van der Waals surface area (Å²) in [6.07, 6.45) is -3.26. The molecule has 0 heterocycles. The Balaban J connectivity index is 4.67. The highest BCUT2D eigenvalue weighted by atomic mass is 79.9. The van der Waals surface area contributed by atoms with Crippen LogP contribution in [0.4, 0.5) is 9.59 Å². The largest absolute Gasteiger partial charge is 0.508 e. The summed E-state index contributed by atoms with van der Waals surface area (Å²) in [6, 6.07) is 0. The topological polar surface area (TPSA) is 93.1 Å². The van der Waals surface area contributed by atoms with Crippen molar-refractivity contribution in [3.05, 3.63) is 0 Å². The molecule has 14 heavy (non-hydrogen) atoms. The lowest BCUT2D eigenvalue weighted by Crippen LogP contribution is -2.41. The standard InChI is InChI=1S/C4H2Br4O6/c5-3(6,13-1(9)10)4(7,8)14-2(11)12/h(H,9,10)(H,11,12). The van der Waals surface area contributed by atoms with E-state index < -0.39 is 19.1 Å². The van der Waals surface area contributed by atoms with Crippen molar-refractivity contribution in [2.45, 2.75) is 6.84 Å². The van der Waals surface area contributed by atoms with Gasteiger partial charge in [-0.25, -0.2) is 9.59 Å². The number of ether oxygens (including phenoxy) is 2. The Morgan fingerprint density at radius 2 is 1.07 bits per heavy atom. The normalized spacial score (nSPS) is 12.0. The molecule has 0 spiro atoms. The minimum atomic E-state index is -1.79. The Bertz CT molecular complexity index is 224. The minimum Gasteiger partial charge on any atom is -0.450 e. The molecule has 0 aliphatic heterocycles. The third-order valence-corrected chi connectivity index (χ3v) is 5.78. The molecule has 0 saturated heterocycles. The van der Waals surface area contributed by atoms with Crippen LogP contribution in [0.25, 0.3) is 0 Å². The molecule has 0 atom stereocenters. The first-order chi connectivity index (χ1) is 6.08. The third-order valence-electron chi connectivity index (χ3n) is 0.770. The van der Waals surface area contributed by atoms with Crippen LogP contribution in [0.5, 0.6) is 0 Å². The summed E-state index contributed by atoms with van der Waals surface area (Å²) in [5.41, 5.74) is 0. The Morgan fingerprint density at radius 3 is 1.21 bits per heavy atom. The van der Waals surface area contributed by atoms with Crippen LogP contribution in [0.1, 0.15) is 0 Å². The van der Waals surface area contributed by atoms with Gasteiger partial charge in [-0.15, -0.1) is 0 Å². The molecular weight excluding hydrogens is 464 g/mol. The van der Waals surface area contributed by atoms with Gasteiger partial charge in [-0.05, 0) is 63.7 Å². The maximum Gasteiger partial charge on any atom is 0.508 e. The smallest absolute Gasteiger partial charge is 0.450 e. The Kier molecular flexibility index (Phi) is 5.16. The summed E-state index contributed by atoms with van der Waals surface area (Å²) in [5, 5.41) is 16.6. The van der Waals surface area contributed by atoms with Gasteiger partial charge in [-0.2, -0.15) is 0 Å². The predicted octanol–water partition coefficient (Wildman–Crippen LogP) is 3.26. The average Bonchev–Trinajstić information content (AvgIpc) is 1.78. The number of hydrogen-bond donors (Lipinski definition) is 2. The molecule has 0 bridgehead atoms. The Morgan fingerprint density at radius 1 is 0.857 bits per heavy atom. The fourth-order valence-corrected chi connectivity index (χ4v) is 1.22. The van der Waals surface area contributed by atoms with Crippen molar-refractivity contribution in [2.24, 2.45) is 0 Å². The van der Waals surface area contributed by atoms with E-state index in [2.05, 4.69) is 73.2 Å². The first-order valence-electron chi connectivity index (χ1n) is 2.68. The van der Waals surface area contributed by atoms with Gasteiger partial charge >= 0.3 is 12.3 Å². The van der Waals surface area contributed by atoms with Crippen molar-refractivity contribution in [1.29, 1.82) is 0 Å². The van der Waals surface area contributed by atoms with Crippen LogP contribution in [0.15, 0.2) is 0 Å². The second-order valence-corrected chi connectivity index (χ2v) is 8.36. The highest BCUT2D eigenvalue weighted by Crippen LogP contribution is 2.50. The predicted molar refractivity (Wildman–Crippen MR) is 59.4 cm³/mol. The lowest BCUT2D eigenvalue weighted by Gasteiger charge is -2.30. The molecule has 0 amide bonds. The summed E-state index contributed by atoms with van der Waals surface area (Å²) in [5.74, 6) is 0. The molecule has 0 aromatic rings. The van der Waals surface area contributed by atoms with Crippen molar-refractivity contribution in [3.63, 3.8) is 0 Å². The molecule has 0 saturated carbocycles. The van der Waals surface area contributed by atoms with Crippen LogP contribution < -0.4 is 0 Å². The van der Waals surface area contributed by atoms with Crippen molar-refractivity contribution in [2.75, 3.05) is 0 Å². The molecule has 0 aromatic heterocycles. The summed E-state index contributed by atoms with van der Waals surface area (Å²) in [4.78, 5) is 20.4. The van der Waals surface area contributed by atoms with Gasteiger partial charge in [-0.3, -0.25) is 0 Å². The highest BCUT2D eigenvalue weighted by molar-refractivity contribution is 9.30. The highest BCUT2D eigenvalue weighted by Gasteiger charge is 2.52. The van der Waals surface area contributed by atoms with Crippen LogP contribution in [0.2, 0.25) is 0 Å². The number of halogens is 4. The molecule has 0 radical (unpaired) electrons. The van der Waals surface area contributed by atoms with Gasteiger partial charge in [0.1, 0.15) is 0 Å². The Hall–Kier alpha value is 0.460. The SMILES string of the molecule is O=C(O)OC(Br)(Br)C(Br)(Br)OC(=O)O. The van der Waals surface area contributed by atoms with Gasteiger partial charge in [0, 0.05) is 0 Å². The molecular formula is C4H2Br4O6. The molecule has 0 unspecified atom stereocenters. The zero-order chi connectivity index (χ0) is 11.6. The summed E-state index contributed by atoms with van der Waals surface area (Å²) in [7, 11) is 0. The monoisotopic (exact) mass is 462 g/mol. The third kappa shape index (κ3) is 4.32. The summed E-state index contributed by atoms with van der Waals surface area (Å²) in [6.45, 7) is 0. The second-order valence-electron chi connectivity index (χ2n) is 1.77. The summed E-state index contributed by atoms with van der Waals surface area (Å²) >= 11 is 11.1. The maximum absolute atomic E-state index is 10.2. The van der Waals surface area contributed by atoms with Gasteiger partial charge in [0.05, 0.1) is 0 Å². The fourth-order valence-electron chi connectivity index (χ4n) is 0.338. The van der Waals surface area contributed by atoms with Crippen LogP contribution >= 0.6 is 63.7 Å². The van der Waals surface area contributed by atoms with E-state index in [0.717, 1.165) is 0 Å². The number of rotatable bonds is 3. The van der Waals surface area contributed by atoms with Crippen LogP contribution in [0, 0.1) is 0 Å². The molecule has 0 rings (SSSR count). The van der Waals surface area contributed by atoms with Crippen molar-refractivity contribution >= 4 is 76.0 Å². The number of alkyl halides is 4. The van der Waals surface area contributed by atoms with Gasteiger partial charge in [0.25, 0.3) is 6.84 Å². The van der Waals surface area contributed by atoms with Crippen molar-refractivity contribution < 1.29 is 29.3 Å². The maximum atomic E-state index is 10.2. The van der Waals surface area contributed by atoms with Crippen LogP contribution in [-0.4, -0.2) is 29.4 Å². The minimum absolute atomic E-state index is 1.63. The summed E-state index contributed by atoms with van der Waals surface area (Å²) < 4.78 is 4.95. The van der Waals surface area contributed by atoms with E-state index in [1.807, 2.05) is 0 Å². The zero-order valence-electron chi connectivity index (χ0n) is 6.04. The second kappa shape index (κ2) is 4.99. The van der Waals surface area contributed by atoms with Crippen molar-refractivity contribution in [1.82, 2.24) is 0 Å². The van der Waals surface area contributed by atoms with E-state index in [9.17, 15) is 9.59 Å². The van der Waals surface area contributed by atoms with Crippen LogP contribution in [0.3, 0.4) is 0 Å². The lowest BCUT2D eigenvalue weighted by atomic mass is 10.7. The van der Waals surface area contributed by atoms with Gasteiger partial charge < -0.3 is 19.7 Å². The zero-order valence-corrected chi connectivity index (χ0v) is 12.4. The van der Waals surface area contributed by atoms with E-state index >= 15 is 0 Å². The average molecular weight is 466 g/mol. The molecule has 0 fully saturated rings. The first-order valence-corrected chi connectivity index (χ1v) is 5.85. The number of hydrogen-bond acceptors (Lipinski definition) is 4. The van der Waals surface area contributed by atoms with Crippen LogP contribution in [-0.2, 0) is 9.47 Å². The molecule has 10 heteroatoms. The van der Waals surface area contributed by atoms with Gasteiger partial charge in [-0.1, -0.05) is 0 Å². The molecule has 6 nitrogen and oxygen atoms in total. The first kappa shape index (κ1) is 14.5. The number of carbonyl (C=O) groups is 2. The van der Waals surface area contributed by atoms with E-state index in [1.165, 1.54) is 0 Å². The number of carboxylic acid groups (broad SMARTS) is 2. The van der Waals surface area contributed by atoms with Gasteiger partial charge in [0.2, 0.25) is 0 Å². The van der Waals surface area contributed by atoms with E-state index in [1.54, 1.807) is 0 Å². The lowest BCUT2D eigenvalue weighted by molar-refractivity contribution is 0.00996.